The van der Waals surface area contributed by atoms with E-state index in [-0.39, 0.29) is 11.8 Å². The number of nitrogens with zero attached hydrogens (tertiary/aromatic N) is 5. The molecule has 1 amide bonds. The molecule has 1 saturated heterocycles. The summed E-state index contributed by atoms with van der Waals surface area (Å²) in [6.07, 6.45) is 5.42. The topological polar surface area (TPSA) is 85.0 Å². The number of amides is 1. The van der Waals surface area contributed by atoms with Crippen LogP contribution < -0.4 is 0 Å². The van der Waals surface area contributed by atoms with Crippen molar-refractivity contribution in [2.75, 3.05) is 13.1 Å². The minimum absolute atomic E-state index is 0.0704. The highest BCUT2D eigenvalue weighted by molar-refractivity contribution is 5.92. The summed E-state index contributed by atoms with van der Waals surface area (Å²) in [7, 11) is 0. The first kappa shape index (κ1) is 17.6. The van der Waals surface area contributed by atoms with Crippen LogP contribution in [0.4, 0.5) is 0 Å². The van der Waals surface area contributed by atoms with Crippen LogP contribution in [0.25, 0.3) is 11.0 Å². The predicted molar refractivity (Wildman–Crippen MR) is 100 cm³/mol. The van der Waals surface area contributed by atoms with Crippen molar-refractivity contribution < 1.29 is 9.32 Å². The van der Waals surface area contributed by atoms with Gasteiger partial charge >= 0.3 is 0 Å². The maximum atomic E-state index is 12.9. The van der Waals surface area contributed by atoms with Gasteiger partial charge in [0.15, 0.2) is 11.3 Å². The van der Waals surface area contributed by atoms with Crippen molar-refractivity contribution in [1.82, 2.24) is 25.0 Å². The van der Waals surface area contributed by atoms with E-state index in [9.17, 15) is 4.79 Å². The SMILES string of the molecule is CCCc1cc(C(=O)N2CCC[C@@H](c3nc(C)nc4ncccc34)C2)no1. The van der Waals surface area contributed by atoms with Gasteiger partial charge in [-0.15, -0.1) is 0 Å². The quantitative estimate of drug-likeness (QED) is 0.705. The van der Waals surface area contributed by atoms with E-state index in [4.69, 9.17) is 9.51 Å². The van der Waals surface area contributed by atoms with Crippen molar-refractivity contribution >= 4 is 16.9 Å². The normalized spacial score (nSPS) is 17.4. The average Bonchev–Trinajstić information content (AvgIpc) is 3.16. The second kappa shape index (κ2) is 7.42. The Morgan fingerprint density at radius 3 is 3.11 bits per heavy atom. The molecule has 1 fully saturated rings. The molecule has 7 nitrogen and oxygen atoms in total. The standard InChI is InChI=1S/C20H23N5O2/c1-3-6-15-11-17(24-27-15)20(26)25-10-5-7-14(12-25)18-16-8-4-9-21-19(16)23-13(2)22-18/h4,8-9,11,14H,3,5-7,10,12H2,1-2H3/t14-/m1/s1. The second-order valence-corrected chi connectivity index (χ2v) is 7.05. The first-order valence-corrected chi connectivity index (χ1v) is 9.50. The monoisotopic (exact) mass is 365 g/mol. The lowest BCUT2D eigenvalue weighted by Crippen LogP contribution is -2.39. The van der Waals surface area contributed by atoms with Gasteiger partial charge in [-0.2, -0.15) is 0 Å². The van der Waals surface area contributed by atoms with Crippen LogP contribution in [0.2, 0.25) is 0 Å². The Kier molecular flexibility index (Phi) is 4.83. The molecule has 4 rings (SSSR count). The number of aromatic nitrogens is 4. The minimum atomic E-state index is -0.0704. The van der Waals surface area contributed by atoms with Crippen LogP contribution in [0.15, 0.2) is 28.9 Å². The zero-order valence-electron chi connectivity index (χ0n) is 15.7. The lowest BCUT2D eigenvalue weighted by atomic mass is 9.92. The van der Waals surface area contributed by atoms with Crippen LogP contribution in [0, 0.1) is 6.92 Å². The van der Waals surface area contributed by atoms with Crippen molar-refractivity contribution in [3.63, 3.8) is 0 Å². The highest BCUT2D eigenvalue weighted by atomic mass is 16.5. The molecule has 0 saturated carbocycles. The fourth-order valence-corrected chi connectivity index (χ4v) is 3.73. The van der Waals surface area contributed by atoms with Crippen LogP contribution in [0.3, 0.4) is 0 Å². The third-order valence-electron chi connectivity index (χ3n) is 4.98. The number of pyridine rings is 1. The molecular weight excluding hydrogens is 342 g/mol. The lowest BCUT2D eigenvalue weighted by Gasteiger charge is -2.32. The van der Waals surface area contributed by atoms with Crippen LogP contribution in [0.5, 0.6) is 0 Å². The van der Waals surface area contributed by atoms with E-state index in [0.717, 1.165) is 49.1 Å². The molecule has 0 bridgehead atoms. The lowest BCUT2D eigenvalue weighted by molar-refractivity contribution is 0.0695. The number of aryl methyl sites for hydroxylation is 2. The summed E-state index contributed by atoms with van der Waals surface area (Å²) in [5.41, 5.74) is 2.09. The predicted octanol–water partition coefficient (Wildman–Crippen LogP) is 3.29. The minimum Gasteiger partial charge on any atom is -0.361 e. The molecule has 7 heteroatoms. The summed E-state index contributed by atoms with van der Waals surface area (Å²) < 4.78 is 5.28. The number of hydrogen-bond acceptors (Lipinski definition) is 6. The van der Waals surface area contributed by atoms with Gasteiger partial charge < -0.3 is 9.42 Å². The molecule has 1 aliphatic heterocycles. The van der Waals surface area contributed by atoms with Crippen LogP contribution >= 0.6 is 0 Å². The van der Waals surface area contributed by atoms with Crippen molar-refractivity contribution in [2.45, 2.75) is 45.4 Å². The van der Waals surface area contributed by atoms with Gasteiger partial charge in [0.1, 0.15) is 11.6 Å². The van der Waals surface area contributed by atoms with E-state index < -0.39 is 0 Å². The zero-order chi connectivity index (χ0) is 18.8. The van der Waals surface area contributed by atoms with E-state index in [1.165, 1.54) is 0 Å². The molecule has 0 unspecified atom stereocenters. The Morgan fingerprint density at radius 1 is 1.37 bits per heavy atom. The molecule has 27 heavy (non-hydrogen) atoms. The van der Waals surface area contributed by atoms with Gasteiger partial charge in [-0.1, -0.05) is 12.1 Å². The summed E-state index contributed by atoms with van der Waals surface area (Å²) in [5, 5.41) is 4.94. The molecule has 0 spiro atoms. The molecule has 3 aromatic heterocycles. The largest absolute Gasteiger partial charge is 0.361 e. The van der Waals surface area contributed by atoms with Crippen molar-refractivity contribution in [2.24, 2.45) is 0 Å². The van der Waals surface area contributed by atoms with E-state index >= 15 is 0 Å². The molecule has 0 N–H and O–H groups in total. The molecule has 1 atom stereocenters. The molecule has 4 heterocycles. The molecule has 0 radical (unpaired) electrons. The molecule has 140 valence electrons. The summed E-state index contributed by atoms with van der Waals surface area (Å²) in [5.74, 6) is 1.57. The Labute approximate surface area is 157 Å². The average molecular weight is 365 g/mol. The van der Waals surface area contributed by atoms with Crippen molar-refractivity contribution in [3.8, 4) is 0 Å². The maximum Gasteiger partial charge on any atom is 0.276 e. The Hall–Kier alpha value is -2.83. The van der Waals surface area contributed by atoms with Crippen molar-refractivity contribution in [3.05, 3.63) is 47.4 Å². The molecule has 0 aliphatic carbocycles. The maximum absolute atomic E-state index is 12.9. The Morgan fingerprint density at radius 2 is 2.26 bits per heavy atom. The fraction of sp³-hybridized carbons (Fsp3) is 0.450. The summed E-state index contributed by atoms with van der Waals surface area (Å²) >= 11 is 0. The summed E-state index contributed by atoms with van der Waals surface area (Å²) in [4.78, 5) is 28.2. The van der Waals surface area contributed by atoms with Gasteiger partial charge in [-0.3, -0.25) is 4.79 Å². The molecular formula is C20H23N5O2. The number of fused-ring (bicyclic) bond motifs is 1. The van der Waals surface area contributed by atoms with Gasteiger partial charge in [0, 0.05) is 43.1 Å². The van der Waals surface area contributed by atoms with E-state index in [0.29, 0.717) is 23.7 Å². The number of rotatable bonds is 4. The van der Waals surface area contributed by atoms with Crippen LogP contribution in [-0.4, -0.2) is 44.0 Å². The van der Waals surface area contributed by atoms with Crippen LogP contribution in [0.1, 0.15) is 59.9 Å². The second-order valence-electron chi connectivity index (χ2n) is 7.05. The van der Waals surface area contributed by atoms with Gasteiger partial charge in [0.05, 0.1) is 5.69 Å². The van der Waals surface area contributed by atoms with E-state index in [1.54, 1.807) is 12.3 Å². The summed E-state index contributed by atoms with van der Waals surface area (Å²) in [6, 6.07) is 5.68. The van der Waals surface area contributed by atoms with Gasteiger partial charge in [0.25, 0.3) is 5.91 Å². The number of carbonyl (C=O) groups is 1. The molecule has 0 aromatic carbocycles. The number of hydrogen-bond donors (Lipinski definition) is 0. The highest BCUT2D eigenvalue weighted by Crippen LogP contribution is 2.30. The zero-order valence-corrected chi connectivity index (χ0v) is 15.7. The first-order chi connectivity index (χ1) is 13.2. The van der Waals surface area contributed by atoms with Gasteiger partial charge in [-0.25, -0.2) is 15.0 Å². The fourth-order valence-electron chi connectivity index (χ4n) is 3.73. The Balaban J connectivity index is 1.59. The highest BCUT2D eigenvalue weighted by Gasteiger charge is 2.29. The van der Waals surface area contributed by atoms with E-state index in [2.05, 4.69) is 22.0 Å². The van der Waals surface area contributed by atoms with Gasteiger partial charge in [0.2, 0.25) is 0 Å². The first-order valence-electron chi connectivity index (χ1n) is 9.50. The van der Waals surface area contributed by atoms with E-state index in [1.807, 2.05) is 24.0 Å². The van der Waals surface area contributed by atoms with Crippen molar-refractivity contribution in [1.29, 1.82) is 0 Å². The molecule has 3 aromatic rings. The van der Waals surface area contributed by atoms with Crippen LogP contribution in [-0.2, 0) is 6.42 Å². The molecule has 1 aliphatic rings. The Bertz CT molecular complexity index is 968. The third-order valence-corrected chi connectivity index (χ3v) is 4.98. The third kappa shape index (κ3) is 3.54. The smallest absolute Gasteiger partial charge is 0.276 e. The number of carbonyl (C=O) groups excluding carboxylic acids is 1. The summed E-state index contributed by atoms with van der Waals surface area (Å²) in [6.45, 7) is 5.30. The van der Waals surface area contributed by atoms with Gasteiger partial charge in [-0.05, 0) is 38.3 Å². The number of likely N-dealkylation sites (tertiary alicyclic amines) is 1. The number of piperidine rings is 1.